The lowest BCUT2D eigenvalue weighted by atomic mass is 10.1. The Balaban J connectivity index is 1.58. The lowest BCUT2D eigenvalue weighted by Gasteiger charge is -2.36. The van der Waals surface area contributed by atoms with E-state index < -0.39 is 4.92 Å². The average Bonchev–Trinajstić information content (AvgIpc) is 2.73. The highest BCUT2D eigenvalue weighted by atomic mass is 19.1. The van der Waals surface area contributed by atoms with Crippen molar-refractivity contribution in [1.29, 1.82) is 0 Å². The van der Waals surface area contributed by atoms with Crippen LogP contribution in [0.1, 0.15) is 11.1 Å². The summed E-state index contributed by atoms with van der Waals surface area (Å²) in [6.07, 6.45) is 1.27. The molecule has 1 saturated heterocycles. The fraction of sp³-hybridized carbons (Fsp3) is 0.273. The number of aromatic nitrogens is 2. The summed E-state index contributed by atoms with van der Waals surface area (Å²) in [5, 5.41) is 11.9. The Kier molecular flexibility index (Phi) is 5.66. The van der Waals surface area contributed by atoms with Crippen LogP contribution < -0.4 is 14.5 Å². The van der Waals surface area contributed by atoms with Crippen LogP contribution in [0.15, 0.2) is 48.8 Å². The van der Waals surface area contributed by atoms with Gasteiger partial charge in [-0.15, -0.1) is 0 Å². The van der Waals surface area contributed by atoms with E-state index in [1.807, 2.05) is 29.7 Å². The summed E-state index contributed by atoms with van der Waals surface area (Å²) in [5.74, 6) is 0.298. The summed E-state index contributed by atoms with van der Waals surface area (Å²) in [5.41, 5.74) is 2.21. The number of nitro groups is 1. The van der Waals surface area contributed by atoms with Crippen LogP contribution in [-0.2, 0) is 0 Å². The minimum absolute atomic E-state index is 0.100. The van der Waals surface area contributed by atoms with Crippen LogP contribution in [-0.4, -0.2) is 41.1 Å². The fourth-order valence-corrected chi connectivity index (χ4v) is 3.79. The minimum Gasteiger partial charge on any atom is -0.434 e. The Morgan fingerprint density at radius 3 is 2.29 bits per heavy atom. The number of hydrogen-bond acceptors (Lipinski definition) is 7. The molecule has 0 saturated carbocycles. The van der Waals surface area contributed by atoms with E-state index in [2.05, 4.69) is 9.97 Å². The van der Waals surface area contributed by atoms with E-state index in [1.54, 1.807) is 30.3 Å². The Bertz CT molecular complexity index is 1100. The molecule has 0 atom stereocenters. The molecule has 0 radical (unpaired) electrons. The van der Waals surface area contributed by atoms with Crippen LogP contribution in [0, 0.1) is 29.8 Å². The van der Waals surface area contributed by atoms with Gasteiger partial charge < -0.3 is 14.5 Å². The number of halogens is 1. The topological polar surface area (TPSA) is 84.6 Å². The highest BCUT2D eigenvalue weighted by Gasteiger charge is 2.31. The van der Waals surface area contributed by atoms with Gasteiger partial charge >= 0.3 is 11.6 Å². The minimum atomic E-state index is -0.517. The first-order valence-corrected chi connectivity index (χ1v) is 9.92. The third kappa shape index (κ3) is 4.40. The summed E-state index contributed by atoms with van der Waals surface area (Å²) >= 11 is 0. The molecule has 2 aromatic carbocycles. The van der Waals surface area contributed by atoms with Gasteiger partial charge in [-0.25, -0.2) is 9.37 Å². The Morgan fingerprint density at radius 1 is 1.00 bits per heavy atom. The van der Waals surface area contributed by atoms with Gasteiger partial charge in [-0.05, 0) is 49.2 Å². The quantitative estimate of drug-likeness (QED) is 0.448. The molecule has 1 fully saturated rings. The summed E-state index contributed by atoms with van der Waals surface area (Å²) in [4.78, 5) is 23.3. The summed E-state index contributed by atoms with van der Waals surface area (Å²) in [6, 6.07) is 12.2. The van der Waals surface area contributed by atoms with E-state index in [4.69, 9.17) is 4.74 Å². The first kappa shape index (κ1) is 20.5. The van der Waals surface area contributed by atoms with Crippen molar-refractivity contribution in [1.82, 2.24) is 9.97 Å². The Labute approximate surface area is 179 Å². The van der Waals surface area contributed by atoms with E-state index in [9.17, 15) is 14.5 Å². The standard InChI is InChI=1S/C22H22FN5O3/c1-15-11-16(2)13-17(12-15)31-22-20(28(29)30)21(24-14-25-22)27-9-7-26(8-10-27)19-6-4-3-5-18(19)23/h3-6,11-14H,7-10H2,1-2H3. The summed E-state index contributed by atoms with van der Waals surface area (Å²) in [6.45, 7) is 5.78. The molecule has 31 heavy (non-hydrogen) atoms. The monoisotopic (exact) mass is 423 g/mol. The van der Waals surface area contributed by atoms with Crippen LogP contribution in [0.3, 0.4) is 0 Å². The zero-order chi connectivity index (χ0) is 22.0. The van der Waals surface area contributed by atoms with E-state index in [0.717, 1.165) is 11.1 Å². The molecule has 0 N–H and O–H groups in total. The highest BCUT2D eigenvalue weighted by molar-refractivity contribution is 5.64. The molecule has 0 aliphatic carbocycles. The van der Waals surface area contributed by atoms with Crippen LogP contribution in [0.2, 0.25) is 0 Å². The van der Waals surface area contributed by atoms with Gasteiger partial charge in [-0.1, -0.05) is 18.2 Å². The number of aryl methyl sites for hydroxylation is 2. The van der Waals surface area contributed by atoms with Crippen molar-refractivity contribution in [2.24, 2.45) is 0 Å². The van der Waals surface area contributed by atoms with E-state index in [-0.39, 0.29) is 23.2 Å². The van der Waals surface area contributed by atoms with Gasteiger partial charge in [0.2, 0.25) is 5.82 Å². The maximum absolute atomic E-state index is 14.1. The number of para-hydroxylation sites is 1. The van der Waals surface area contributed by atoms with Gasteiger partial charge in [0.15, 0.2) is 0 Å². The Hall–Kier alpha value is -3.75. The van der Waals surface area contributed by atoms with E-state index in [0.29, 0.717) is 37.6 Å². The average molecular weight is 423 g/mol. The molecule has 160 valence electrons. The SMILES string of the molecule is Cc1cc(C)cc(Oc2ncnc(N3CCN(c4ccccc4F)CC3)c2[N+](=O)[O-])c1. The molecule has 3 aromatic rings. The molecule has 0 spiro atoms. The van der Waals surface area contributed by atoms with Gasteiger partial charge in [0, 0.05) is 26.2 Å². The van der Waals surface area contributed by atoms with Crippen LogP contribution in [0.5, 0.6) is 11.6 Å². The summed E-state index contributed by atoms with van der Waals surface area (Å²) < 4.78 is 19.9. The van der Waals surface area contributed by atoms with Crippen molar-refractivity contribution < 1.29 is 14.1 Å². The number of piperazine rings is 1. The molecule has 1 aromatic heterocycles. The van der Waals surface area contributed by atoms with Crippen LogP contribution in [0.4, 0.5) is 21.6 Å². The summed E-state index contributed by atoms with van der Waals surface area (Å²) in [7, 11) is 0. The van der Waals surface area contributed by atoms with Crippen molar-refractivity contribution in [3.05, 3.63) is 75.9 Å². The number of benzene rings is 2. The molecule has 0 unspecified atom stereocenters. The predicted molar refractivity (Wildman–Crippen MR) is 116 cm³/mol. The van der Waals surface area contributed by atoms with Crippen molar-refractivity contribution >= 4 is 17.2 Å². The molecular formula is C22H22FN5O3. The second-order valence-corrected chi connectivity index (χ2v) is 7.46. The first-order valence-electron chi connectivity index (χ1n) is 9.92. The number of rotatable bonds is 5. The van der Waals surface area contributed by atoms with Crippen molar-refractivity contribution in [3.8, 4) is 11.6 Å². The second kappa shape index (κ2) is 8.55. The normalized spacial score (nSPS) is 13.9. The highest BCUT2D eigenvalue weighted by Crippen LogP contribution is 2.37. The number of hydrogen-bond donors (Lipinski definition) is 0. The van der Waals surface area contributed by atoms with Gasteiger partial charge in [0.1, 0.15) is 17.9 Å². The number of anilines is 2. The largest absolute Gasteiger partial charge is 0.434 e. The smallest absolute Gasteiger partial charge is 0.373 e. The van der Waals surface area contributed by atoms with Gasteiger partial charge in [0.05, 0.1) is 10.6 Å². The number of nitrogens with zero attached hydrogens (tertiary/aromatic N) is 5. The molecule has 2 heterocycles. The maximum Gasteiger partial charge on any atom is 0.373 e. The molecule has 4 rings (SSSR count). The van der Waals surface area contributed by atoms with Gasteiger partial charge in [0.25, 0.3) is 0 Å². The van der Waals surface area contributed by atoms with Crippen molar-refractivity contribution in [3.63, 3.8) is 0 Å². The zero-order valence-corrected chi connectivity index (χ0v) is 17.3. The van der Waals surface area contributed by atoms with Gasteiger partial charge in [-0.2, -0.15) is 4.98 Å². The predicted octanol–water partition coefficient (Wildman–Crippen LogP) is 4.26. The molecule has 9 heteroatoms. The van der Waals surface area contributed by atoms with Crippen LogP contribution >= 0.6 is 0 Å². The second-order valence-electron chi connectivity index (χ2n) is 7.46. The molecular weight excluding hydrogens is 401 g/mol. The van der Waals surface area contributed by atoms with Crippen LogP contribution in [0.25, 0.3) is 0 Å². The lowest BCUT2D eigenvalue weighted by molar-refractivity contribution is -0.385. The van der Waals surface area contributed by atoms with Crippen molar-refractivity contribution in [2.45, 2.75) is 13.8 Å². The van der Waals surface area contributed by atoms with Crippen molar-refractivity contribution in [2.75, 3.05) is 36.0 Å². The number of ether oxygens (including phenoxy) is 1. The zero-order valence-electron chi connectivity index (χ0n) is 17.3. The Morgan fingerprint density at radius 2 is 1.65 bits per heavy atom. The first-order chi connectivity index (χ1) is 14.9. The lowest BCUT2D eigenvalue weighted by Crippen LogP contribution is -2.47. The fourth-order valence-electron chi connectivity index (χ4n) is 3.79. The van der Waals surface area contributed by atoms with Gasteiger partial charge in [-0.3, -0.25) is 10.1 Å². The molecule has 0 amide bonds. The maximum atomic E-state index is 14.1. The van der Waals surface area contributed by atoms with E-state index >= 15 is 0 Å². The molecule has 1 aliphatic heterocycles. The third-order valence-electron chi connectivity index (χ3n) is 5.13. The third-order valence-corrected chi connectivity index (χ3v) is 5.13. The molecule has 0 bridgehead atoms. The molecule has 8 nitrogen and oxygen atoms in total. The molecule has 1 aliphatic rings. The van der Waals surface area contributed by atoms with E-state index in [1.165, 1.54) is 12.4 Å².